The Bertz CT molecular complexity index is 558. The molecule has 8 heteroatoms. The van der Waals surface area contributed by atoms with Crippen LogP contribution in [0.15, 0.2) is 18.2 Å². The van der Waals surface area contributed by atoms with E-state index < -0.39 is 23.9 Å². The Hall–Kier alpha value is -1.79. The van der Waals surface area contributed by atoms with Crippen molar-refractivity contribution in [3.05, 3.63) is 33.8 Å². The fraction of sp³-hybridized carbons (Fsp3) is 0.357. The molecule has 0 atom stereocenters. The van der Waals surface area contributed by atoms with Crippen molar-refractivity contribution in [1.82, 2.24) is 5.32 Å². The zero-order valence-electron chi connectivity index (χ0n) is 12.0. The minimum atomic E-state index is -1.54. The minimum Gasteiger partial charge on any atom is -0.464 e. The molecule has 0 aliphatic heterocycles. The summed E-state index contributed by atoms with van der Waals surface area (Å²) in [6.45, 7) is 3.30. The van der Waals surface area contributed by atoms with Gasteiger partial charge in [-0.2, -0.15) is 0 Å². The number of carbonyl (C=O) groups is 3. The topological polar surface area (TPSA) is 81.7 Å². The van der Waals surface area contributed by atoms with E-state index in [0.29, 0.717) is 0 Å². The van der Waals surface area contributed by atoms with Gasteiger partial charge in [-0.05, 0) is 32.0 Å². The number of rotatable bonds is 6. The molecule has 120 valence electrons. The van der Waals surface area contributed by atoms with Crippen LogP contribution in [0.2, 0.25) is 10.0 Å². The quantitative estimate of drug-likeness (QED) is 0.630. The average Bonchev–Trinajstić information content (AvgIpc) is 2.47. The molecule has 1 amide bonds. The number of benzene rings is 1. The molecule has 0 radical (unpaired) electrons. The summed E-state index contributed by atoms with van der Waals surface area (Å²) in [4.78, 5) is 35.6. The van der Waals surface area contributed by atoms with Crippen LogP contribution in [0.5, 0.6) is 0 Å². The second-order valence-corrected chi connectivity index (χ2v) is 4.85. The van der Waals surface area contributed by atoms with E-state index in [9.17, 15) is 14.4 Å². The lowest BCUT2D eigenvalue weighted by molar-refractivity contribution is -0.157. The maximum Gasteiger partial charge on any atom is 0.340 e. The lowest BCUT2D eigenvalue weighted by atomic mass is 10.2. The van der Waals surface area contributed by atoms with Crippen LogP contribution in [0.25, 0.3) is 0 Å². The van der Waals surface area contributed by atoms with E-state index in [1.54, 1.807) is 13.8 Å². The smallest absolute Gasteiger partial charge is 0.340 e. The maximum atomic E-state index is 12.1. The van der Waals surface area contributed by atoms with Crippen LogP contribution in [0.3, 0.4) is 0 Å². The molecule has 0 aliphatic carbocycles. The summed E-state index contributed by atoms with van der Waals surface area (Å²) < 4.78 is 9.50. The molecule has 1 rings (SSSR count). The first kappa shape index (κ1) is 18.3. The average molecular weight is 348 g/mol. The van der Waals surface area contributed by atoms with Gasteiger partial charge in [0.25, 0.3) is 5.91 Å². The van der Waals surface area contributed by atoms with Crippen molar-refractivity contribution in [2.24, 2.45) is 0 Å². The number of ether oxygens (including phenoxy) is 2. The molecular formula is C14H15Cl2NO5. The Kier molecular flexibility index (Phi) is 7.14. The first-order chi connectivity index (χ1) is 10.4. The third-order valence-corrected chi connectivity index (χ3v) is 3.24. The van der Waals surface area contributed by atoms with E-state index in [0.717, 1.165) is 0 Å². The van der Waals surface area contributed by atoms with Crippen LogP contribution < -0.4 is 5.32 Å². The minimum absolute atomic E-state index is 0.0668. The lowest BCUT2D eigenvalue weighted by Gasteiger charge is -2.16. The summed E-state index contributed by atoms with van der Waals surface area (Å²) in [6, 6.07) is 2.63. The van der Waals surface area contributed by atoms with E-state index in [2.05, 4.69) is 5.32 Å². The lowest BCUT2D eigenvalue weighted by Crippen LogP contribution is -2.48. The van der Waals surface area contributed by atoms with Crippen LogP contribution in [0.1, 0.15) is 24.2 Å². The van der Waals surface area contributed by atoms with E-state index >= 15 is 0 Å². The summed E-state index contributed by atoms with van der Waals surface area (Å²) in [6.07, 6.45) is 0. The molecule has 0 aromatic heterocycles. The van der Waals surface area contributed by atoms with Gasteiger partial charge in [0.1, 0.15) is 0 Å². The highest BCUT2D eigenvalue weighted by atomic mass is 35.5. The van der Waals surface area contributed by atoms with Crippen molar-refractivity contribution in [2.75, 3.05) is 13.2 Å². The number of esters is 2. The standard InChI is InChI=1S/C14H15Cl2NO5/c1-3-21-13(19)11(14(20)22-4-2)17-12(18)8-5-6-9(15)10(16)7-8/h5-7,11H,3-4H2,1-2H3,(H,17,18). The normalized spacial score (nSPS) is 10.2. The van der Waals surface area contributed by atoms with E-state index in [4.69, 9.17) is 32.7 Å². The molecule has 6 nitrogen and oxygen atoms in total. The zero-order valence-corrected chi connectivity index (χ0v) is 13.5. The fourth-order valence-electron chi connectivity index (χ4n) is 1.52. The molecule has 0 fully saturated rings. The summed E-state index contributed by atoms with van der Waals surface area (Å²) in [5.41, 5.74) is 0.146. The zero-order chi connectivity index (χ0) is 16.7. The van der Waals surface area contributed by atoms with Gasteiger partial charge in [-0.1, -0.05) is 23.2 Å². The van der Waals surface area contributed by atoms with Gasteiger partial charge in [0.2, 0.25) is 6.04 Å². The van der Waals surface area contributed by atoms with Gasteiger partial charge in [-0.3, -0.25) is 4.79 Å². The predicted molar refractivity (Wildman–Crippen MR) is 81.0 cm³/mol. The van der Waals surface area contributed by atoms with Gasteiger partial charge in [-0.25, -0.2) is 9.59 Å². The Morgan fingerprint density at radius 3 is 2.05 bits per heavy atom. The predicted octanol–water partition coefficient (Wildman–Crippen LogP) is 2.22. The highest BCUT2D eigenvalue weighted by Crippen LogP contribution is 2.22. The molecule has 0 saturated heterocycles. The van der Waals surface area contributed by atoms with Crippen molar-refractivity contribution in [1.29, 1.82) is 0 Å². The van der Waals surface area contributed by atoms with E-state index in [-0.39, 0.29) is 28.8 Å². The Labute approximate surface area is 137 Å². The highest BCUT2D eigenvalue weighted by molar-refractivity contribution is 6.42. The summed E-state index contributed by atoms with van der Waals surface area (Å²) >= 11 is 11.6. The number of hydrogen-bond donors (Lipinski definition) is 1. The molecule has 0 saturated carbocycles. The number of nitrogens with one attached hydrogen (secondary N) is 1. The van der Waals surface area contributed by atoms with Crippen LogP contribution in [-0.2, 0) is 19.1 Å². The first-order valence-corrected chi connectivity index (χ1v) is 7.25. The maximum absolute atomic E-state index is 12.1. The molecular weight excluding hydrogens is 333 g/mol. The van der Waals surface area contributed by atoms with Gasteiger partial charge in [-0.15, -0.1) is 0 Å². The van der Waals surface area contributed by atoms with Gasteiger partial charge in [0.15, 0.2) is 0 Å². The summed E-state index contributed by atoms with van der Waals surface area (Å²) in [5.74, 6) is -2.46. The number of halogens is 2. The van der Waals surface area contributed by atoms with Crippen molar-refractivity contribution >= 4 is 41.0 Å². The fourth-order valence-corrected chi connectivity index (χ4v) is 1.82. The third-order valence-electron chi connectivity index (χ3n) is 2.50. The van der Waals surface area contributed by atoms with Crippen molar-refractivity contribution in [3.8, 4) is 0 Å². The molecule has 0 heterocycles. The van der Waals surface area contributed by atoms with Crippen LogP contribution in [0, 0.1) is 0 Å². The number of amides is 1. The van der Waals surface area contributed by atoms with E-state index in [1.165, 1.54) is 18.2 Å². The monoisotopic (exact) mass is 347 g/mol. The largest absolute Gasteiger partial charge is 0.464 e. The van der Waals surface area contributed by atoms with Crippen molar-refractivity contribution < 1.29 is 23.9 Å². The first-order valence-electron chi connectivity index (χ1n) is 6.49. The Morgan fingerprint density at radius 2 is 1.59 bits per heavy atom. The second kappa shape index (κ2) is 8.60. The summed E-state index contributed by atoms with van der Waals surface area (Å²) in [5, 5.41) is 2.72. The summed E-state index contributed by atoms with van der Waals surface area (Å²) in [7, 11) is 0. The molecule has 0 spiro atoms. The molecule has 0 bridgehead atoms. The van der Waals surface area contributed by atoms with Crippen molar-refractivity contribution in [3.63, 3.8) is 0 Å². The van der Waals surface area contributed by atoms with Crippen LogP contribution >= 0.6 is 23.2 Å². The van der Waals surface area contributed by atoms with Gasteiger partial charge in [0, 0.05) is 5.56 Å². The van der Waals surface area contributed by atoms with Gasteiger partial charge in [0.05, 0.1) is 23.3 Å². The SMILES string of the molecule is CCOC(=O)C(NC(=O)c1ccc(Cl)c(Cl)c1)C(=O)OCC. The second-order valence-electron chi connectivity index (χ2n) is 4.04. The van der Waals surface area contributed by atoms with Crippen LogP contribution in [-0.4, -0.2) is 37.1 Å². The highest BCUT2D eigenvalue weighted by Gasteiger charge is 2.31. The molecule has 22 heavy (non-hydrogen) atoms. The van der Waals surface area contributed by atoms with Crippen molar-refractivity contribution in [2.45, 2.75) is 19.9 Å². The molecule has 0 unspecified atom stereocenters. The molecule has 1 aromatic carbocycles. The van der Waals surface area contributed by atoms with Gasteiger partial charge >= 0.3 is 11.9 Å². The number of carbonyl (C=O) groups excluding carboxylic acids is 3. The molecule has 1 aromatic rings. The molecule has 1 N–H and O–H groups in total. The Morgan fingerprint density at radius 1 is 1.05 bits per heavy atom. The van der Waals surface area contributed by atoms with Gasteiger partial charge < -0.3 is 14.8 Å². The third kappa shape index (κ3) is 4.89. The number of hydrogen-bond acceptors (Lipinski definition) is 5. The Balaban J connectivity index is 2.92. The van der Waals surface area contributed by atoms with Crippen LogP contribution in [0.4, 0.5) is 0 Å². The molecule has 0 aliphatic rings. The van der Waals surface area contributed by atoms with E-state index in [1.807, 2.05) is 0 Å².